The minimum atomic E-state index is -0.0722. The molecule has 0 saturated heterocycles. The molecule has 0 unspecified atom stereocenters. The van der Waals surface area contributed by atoms with Gasteiger partial charge in [-0.25, -0.2) is 0 Å². The summed E-state index contributed by atoms with van der Waals surface area (Å²) in [6, 6.07) is 11.6. The Kier molecular flexibility index (Phi) is 3.65. The summed E-state index contributed by atoms with van der Waals surface area (Å²) in [6.07, 6.45) is 4.67. The Hall–Kier alpha value is -2.29. The highest BCUT2D eigenvalue weighted by atomic mass is 16.1. The fourth-order valence-electron chi connectivity index (χ4n) is 2.84. The average molecular weight is 280 g/mol. The standard InChI is InChI=1S/C18H20N2O/c1-12-6-9-16(19)11-17(12)20-18(21)15-8-7-13-4-2-3-5-14(13)10-15/h6-11H,2-5,19H2,1H3,(H,20,21). The molecule has 0 heterocycles. The van der Waals surface area contributed by atoms with Crippen LogP contribution in [0, 0.1) is 6.92 Å². The zero-order chi connectivity index (χ0) is 14.8. The molecule has 2 aromatic carbocycles. The molecular weight excluding hydrogens is 260 g/mol. The summed E-state index contributed by atoms with van der Waals surface area (Å²) >= 11 is 0. The number of hydrogen-bond donors (Lipinski definition) is 2. The molecule has 3 N–H and O–H groups in total. The van der Waals surface area contributed by atoms with Crippen molar-refractivity contribution in [1.82, 2.24) is 0 Å². The van der Waals surface area contributed by atoms with Gasteiger partial charge in [0.15, 0.2) is 0 Å². The second-order valence-corrected chi connectivity index (χ2v) is 5.72. The number of nitrogen functional groups attached to an aromatic ring is 1. The number of rotatable bonds is 2. The van der Waals surface area contributed by atoms with Crippen molar-refractivity contribution in [2.75, 3.05) is 11.1 Å². The maximum atomic E-state index is 12.4. The summed E-state index contributed by atoms with van der Waals surface area (Å²) in [7, 11) is 0. The number of carbonyl (C=O) groups excluding carboxylic acids is 1. The van der Waals surface area contributed by atoms with Crippen LogP contribution in [0.3, 0.4) is 0 Å². The van der Waals surface area contributed by atoms with Crippen molar-refractivity contribution >= 4 is 17.3 Å². The van der Waals surface area contributed by atoms with Crippen LogP contribution in [0.4, 0.5) is 11.4 Å². The molecule has 0 radical (unpaired) electrons. The molecule has 1 aliphatic rings. The van der Waals surface area contributed by atoms with Gasteiger partial charge < -0.3 is 11.1 Å². The van der Waals surface area contributed by atoms with Crippen LogP contribution in [0.15, 0.2) is 36.4 Å². The molecule has 3 nitrogen and oxygen atoms in total. The second kappa shape index (κ2) is 5.60. The first-order valence-corrected chi connectivity index (χ1v) is 7.43. The molecule has 3 rings (SSSR count). The van der Waals surface area contributed by atoms with Crippen molar-refractivity contribution in [1.29, 1.82) is 0 Å². The molecule has 1 amide bonds. The number of anilines is 2. The topological polar surface area (TPSA) is 55.1 Å². The molecule has 0 atom stereocenters. The van der Waals surface area contributed by atoms with E-state index in [0.717, 1.165) is 29.7 Å². The highest BCUT2D eigenvalue weighted by Crippen LogP contribution is 2.23. The van der Waals surface area contributed by atoms with Crippen LogP contribution in [0.25, 0.3) is 0 Å². The minimum absolute atomic E-state index is 0.0722. The van der Waals surface area contributed by atoms with Crippen molar-refractivity contribution in [3.05, 3.63) is 58.7 Å². The first-order chi connectivity index (χ1) is 10.1. The van der Waals surface area contributed by atoms with E-state index in [9.17, 15) is 4.79 Å². The number of nitrogens with two attached hydrogens (primary N) is 1. The predicted octanol–water partition coefficient (Wildman–Crippen LogP) is 3.71. The lowest BCUT2D eigenvalue weighted by atomic mass is 9.90. The van der Waals surface area contributed by atoms with Crippen LogP contribution in [-0.4, -0.2) is 5.91 Å². The van der Waals surface area contributed by atoms with Gasteiger partial charge in [-0.15, -0.1) is 0 Å². The van der Waals surface area contributed by atoms with Gasteiger partial charge in [0, 0.05) is 16.9 Å². The Morgan fingerprint density at radius 2 is 1.81 bits per heavy atom. The summed E-state index contributed by atoms with van der Waals surface area (Å²) in [5.74, 6) is -0.0722. The molecule has 0 fully saturated rings. The third-order valence-corrected chi connectivity index (χ3v) is 4.12. The Bertz CT molecular complexity index is 692. The Morgan fingerprint density at radius 3 is 2.62 bits per heavy atom. The normalized spacial score (nSPS) is 13.6. The summed E-state index contributed by atoms with van der Waals surface area (Å²) in [4.78, 5) is 12.4. The van der Waals surface area contributed by atoms with E-state index >= 15 is 0 Å². The van der Waals surface area contributed by atoms with Crippen LogP contribution >= 0.6 is 0 Å². The van der Waals surface area contributed by atoms with Gasteiger partial charge in [0.25, 0.3) is 5.91 Å². The molecule has 0 saturated carbocycles. The predicted molar refractivity (Wildman–Crippen MR) is 86.6 cm³/mol. The highest BCUT2D eigenvalue weighted by molar-refractivity contribution is 6.05. The van der Waals surface area contributed by atoms with Gasteiger partial charge in [0.05, 0.1) is 0 Å². The lowest BCUT2D eigenvalue weighted by Crippen LogP contribution is -2.14. The molecule has 0 aromatic heterocycles. The SMILES string of the molecule is Cc1ccc(N)cc1NC(=O)c1ccc2c(c1)CCCC2. The van der Waals surface area contributed by atoms with Gasteiger partial charge in [0.1, 0.15) is 0 Å². The number of carbonyl (C=O) groups is 1. The van der Waals surface area contributed by atoms with Crippen molar-refractivity contribution in [2.45, 2.75) is 32.6 Å². The molecule has 21 heavy (non-hydrogen) atoms. The molecule has 108 valence electrons. The fourth-order valence-corrected chi connectivity index (χ4v) is 2.84. The van der Waals surface area contributed by atoms with Gasteiger partial charge >= 0.3 is 0 Å². The number of nitrogens with one attached hydrogen (secondary N) is 1. The zero-order valence-corrected chi connectivity index (χ0v) is 12.3. The van der Waals surface area contributed by atoms with E-state index in [-0.39, 0.29) is 5.91 Å². The van der Waals surface area contributed by atoms with E-state index in [1.54, 1.807) is 6.07 Å². The van der Waals surface area contributed by atoms with Crippen LogP contribution in [-0.2, 0) is 12.8 Å². The summed E-state index contributed by atoms with van der Waals surface area (Å²) in [5, 5.41) is 2.96. The van der Waals surface area contributed by atoms with Crippen molar-refractivity contribution in [3.8, 4) is 0 Å². The number of fused-ring (bicyclic) bond motifs is 1. The van der Waals surface area contributed by atoms with Crippen LogP contribution < -0.4 is 11.1 Å². The quantitative estimate of drug-likeness (QED) is 0.824. The fraction of sp³-hybridized carbons (Fsp3) is 0.278. The molecule has 3 heteroatoms. The molecule has 0 bridgehead atoms. The second-order valence-electron chi connectivity index (χ2n) is 5.72. The molecule has 1 aliphatic carbocycles. The van der Waals surface area contributed by atoms with E-state index in [0.29, 0.717) is 5.69 Å². The molecule has 0 aliphatic heterocycles. The maximum Gasteiger partial charge on any atom is 0.255 e. The highest BCUT2D eigenvalue weighted by Gasteiger charge is 2.13. The largest absolute Gasteiger partial charge is 0.399 e. The third-order valence-electron chi connectivity index (χ3n) is 4.12. The van der Waals surface area contributed by atoms with E-state index in [2.05, 4.69) is 11.4 Å². The molecule has 2 aromatic rings. The number of benzene rings is 2. The average Bonchev–Trinajstić information content (AvgIpc) is 2.50. The van der Waals surface area contributed by atoms with Gasteiger partial charge in [-0.3, -0.25) is 4.79 Å². The number of aryl methyl sites for hydroxylation is 3. The Labute approximate surface area is 125 Å². The van der Waals surface area contributed by atoms with E-state index in [1.807, 2.05) is 31.2 Å². The lowest BCUT2D eigenvalue weighted by Gasteiger charge is -2.16. The third kappa shape index (κ3) is 2.92. The maximum absolute atomic E-state index is 12.4. The minimum Gasteiger partial charge on any atom is -0.399 e. The number of hydrogen-bond acceptors (Lipinski definition) is 2. The first-order valence-electron chi connectivity index (χ1n) is 7.43. The van der Waals surface area contributed by atoms with Crippen LogP contribution in [0.5, 0.6) is 0 Å². The first kappa shape index (κ1) is 13.7. The molecular formula is C18H20N2O. The van der Waals surface area contributed by atoms with Crippen LogP contribution in [0.2, 0.25) is 0 Å². The van der Waals surface area contributed by atoms with Gasteiger partial charge in [-0.1, -0.05) is 12.1 Å². The zero-order valence-electron chi connectivity index (χ0n) is 12.3. The van der Waals surface area contributed by atoms with Gasteiger partial charge in [-0.2, -0.15) is 0 Å². The van der Waals surface area contributed by atoms with Crippen molar-refractivity contribution < 1.29 is 4.79 Å². The van der Waals surface area contributed by atoms with Crippen molar-refractivity contribution in [3.63, 3.8) is 0 Å². The Morgan fingerprint density at radius 1 is 1.05 bits per heavy atom. The Balaban J connectivity index is 1.83. The van der Waals surface area contributed by atoms with E-state index < -0.39 is 0 Å². The van der Waals surface area contributed by atoms with Crippen LogP contribution in [0.1, 0.15) is 39.9 Å². The summed E-state index contributed by atoms with van der Waals surface area (Å²) in [5.41, 5.74) is 11.6. The van der Waals surface area contributed by atoms with Crippen molar-refractivity contribution in [2.24, 2.45) is 0 Å². The molecule has 0 spiro atoms. The van der Waals surface area contributed by atoms with E-state index in [4.69, 9.17) is 5.73 Å². The van der Waals surface area contributed by atoms with Gasteiger partial charge in [-0.05, 0) is 73.6 Å². The van der Waals surface area contributed by atoms with Gasteiger partial charge in [0.2, 0.25) is 0 Å². The lowest BCUT2D eigenvalue weighted by molar-refractivity contribution is 0.102. The summed E-state index contributed by atoms with van der Waals surface area (Å²) in [6.45, 7) is 1.96. The smallest absolute Gasteiger partial charge is 0.255 e. The number of amides is 1. The summed E-state index contributed by atoms with van der Waals surface area (Å²) < 4.78 is 0. The monoisotopic (exact) mass is 280 g/mol. The van der Waals surface area contributed by atoms with E-state index in [1.165, 1.54) is 24.0 Å².